The van der Waals surface area contributed by atoms with Crippen molar-refractivity contribution in [3.63, 3.8) is 0 Å². The van der Waals surface area contributed by atoms with Crippen molar-refractivity contribution in [2.45, 2.75) is 76.7 Å². The van der Waals surface area contributed by atoms with Crippen LogP contribution in [0.25, 0.3) is 0 Å². The number of unbranched alkanes of at least 4 members (excludes halogenated alkanes) is 3. The smallest absolute Gasteiger partial charge is 0.306 e. The Morgan fingerprint density at radius 2 is 1.31 bits per heavy atom. The summed E-state index contributed by atoms with van der Waals surface area (Å²) in [6, 6.07) is 27.3. The molecule has 0 radical (unpaired) electrons. The number of ether oxygens (including phenoxy) is 3. The average Bonchev–Trinajstić information content (AvgIpc) is 2.93. The van der Waals surface area contributed by atoms with Gasteiger partial charge in [-0.15, -0.1) is 0 Å². The first-order valence-electron chi connectivity index (χ1n) is 14.0. The number of methoxy groups -OCH3 is 1. The number of aliphatic hydroxyl groups excluding tert-OH is 1. The van der Waals surface area contributed by atoms with Gasteiger partial charge in [-0.2, -0.15) is 0 Å². The molecule has 0 aliphatic heterocycles. The van der Waals surface area contributed by atoms with Crippen LogP contribution in [0, 0.1) is 0 Å². The summed E-state index contributed by atoms with van der Waals surface area (Å²) < 4.78 is 16.8. The fraction of sp³-hybridized carbons (Fsp3) is 0.441. The highest BCUT2D eigenvalue weighted by Crippen LogP contribution is 2.44. The number of hydrogen-bond donors (Lipinski definition) is 1. The molecule has 39 heavy (non-hydrogen) atoms. The molecule has 0 bridgehead atoms. The van der Waals surface area contributed by atoms with Gasteiger partial charge in [0.15, 0.2) is 0 Å². The Kier molecular flexibility index (Phi) is 11.4. The maximum Gasteiger partial charge on any atom is 0.306 e. The molecule has 0 fully saturated rings. The fourth-order valence-corrected chi connectivity index (χ4v) is 5.00. The summed E-state index contributed by atoms with van der Waals surface area (Å²) in [6.45, 7) is 6.45. The molecular formula is C34H44O5. The van der Waals surface area contributed by atoms with Gasteiger partial charge in [0.05, 0.1) is 13.7 Å². The Hall–Kier alpha value is -3.31. The lowest BCUT2D eigenvalue weighted by Gasteiger charge is -2.36. The van der Waals surface area contributed by atoms with E-state index < -0.39 is 5.60 Å². The number of rotatable bonds is 15. The number of esters is 1. The second-order valence-corrected chi connectivity index (χ2v) is 11.0. The standard InChI is InChI=1S/C34H44O5/c1-33(2,3)39-32(36)15-9-6-12-26-38-31-22-18-29(19-23-31)34(24-10-11-25-35,27-13-7-5-8-14-27)28-16-20-30(37-4)21-17-28/h5,7-8,13-14,16-23,35H,6,9-12,15,24-26H2,1-4H3/t34-/m1/s1. The lowest BCUT2D eigenvalue weighted by Crippen LogP contribution is -2.29. The maximum atomic E-state index is 11.9. The van der Waals surface area contributed by atoms with Gasteiger partial charge in [0.1, 0.15) is 17.1 Å². The van der Waals surface area contributed by atoms with E-state index in [1.54, 1.807) is 7.11 Å². The van der Waals surface area contributed by atoms with Crippen LogP contribution >= 0.6 is 0 Å². The van der Waals surface area contributed by atoms with Crippen molar-refractivity contribution in [2.24, 2.45) is 0 Å². The third-order valence-corrected chi connectivity index (χ3v) is 6.87. The zero-order valence-corrected chi connectivity index (χ0v) is 23.9. The van der Waals surface area contributed by atoms with Crippen LogP contribution in [0.4, 0.5) is 0 Å². The van der Waals surface area contributed by atoms with Gasteiger partial charge in [0.25, 0.3) is 0 Å². The van der Waals surface area contributed by atoms with Crippen molar-refractivity contribution >= 4 is 5.97 Å². The first-order chi connectivity index (χ1) is 18.8. The highest BCUT2D eigenvalue weighted by Gasteiger charge is 2.35. The Labute approximate surface area is 234 Å². The summed E-state index contributed by atoms with van der Waals surface area (Å²) in [5, 5.41) is 9.53. The number of hydrogen-bond acceptors (Lipinski definition) is 5. The van der Waals surface area contributed by atoms with Gasteiger partial charge in [-0.3, -0.25) is 4.79 Å². The van der Waals surface area contributed by atoms with Gasteiger partial charge in [0.2, 0.25) is 0 Å². The van der Waals surface area contributed by atoms with Crippen LogP contribution in [0.15, 0.2) is 78.9 Å². The van der Waals surface area contributed by atoms with Crippen LogP contribution in [-0.2, 0) is 14.9 Å². The highest BCUT2D eigenvalue weighted by molar-refractivity contribution is 5.69. The zero-order chi connectivity index (χ0) is 28.1. The van der Waals surface area contributed by atoms with Gasteiger partial charge >= 0.3 is 5.97 Å². The van der Waals surface area contributed by atoms with E-state index >= 15 is 0 Å². The van der Waals surface area contributed by atoms with E-state index in [1.807, 2.05) is 51.1 Å². The number of carbonyl (C=O) groups is 1. The molecular weight excluding hydrogens is 488 g/mol. The zero-order valence-electron chi connectivity index (χ0n) is 23.9. The molecule has 210 valence electrons. The molecule has 0 aliphatic rings. The Morgan fingerprint density at radius 1 is 0.718 bits per heavy atom. The quantitative estimate of drug-likeness (QED) is 0.125. The van der Waals surface area contributed by atoms with Crippen LogP contribution in [0.2, 0.25) is 0 Å². The molecule has 1 N–H and O–H groups in total. The number of aliphatic hydroxyl groups is 1. The molecule has 3 aromatic carbocycles. The van der Waals surface area contributed by atoms with E-state index in [1.165, 1.54) is 16.7 Å². The van der Waals surface area contributed by atoms with Crippen molar-refractivity contribution in [1.82, 2.24) is 0 Å². The molecule has 0 spiro atoms. The Balaban J connectivity index is 1.73. The minimum absolute atomic E-state index is 0.142. The van der Waals surface area contributed by atoms with Crippen LogP contribution in [0.1, 0.15) is 82.4 Å². The first kappa shape index (κ1) is 30.2. The predicted octanol–water partition coefficient (Wildman–Crippen LogP) is 7.47. The summed E-state index contributed by atoms with van der Waals surface area (Å²) in [5.41, 5.74) is 2.78. The Bertz CT molecular complexity index is 1120. The van der Waals surface area contributed by atoms with Gasteiger partial charge in [0, 0.05) is 18.4 Å². The largest absolute Gasteiger partial charge is 0.497 e. The van der Waals surface area contributed by atoms with Crippen molar-refractivity contribution < 1.29 is 24.1 Å². The molecule has 5 heteroatoms. The second-order valence-electron chi connectivity index (χ2n) is 11.0. The third kappa shape index (κ3) is 8.86. The summed E-state index contributed by atoms with van der Waals surface area (Å²) in [7, 11) is 1.68. The maximum absolute atomic E-state index is 11.9. The molecule has 3 aromatic rings. The summed E-state index contributed by atoms with van der Waals surface area (Å²) in [4.78, 5) is 11.9. The minimum atomic E-state index is -0.434. The van der Waals surface area contributed by atoms with E-state index in [4.69, 9.17) is 14.2 Å². The van der Waals surface area contributed by atoms with Crippen molar-refractivity contribution in [3.05, 3.63) is 95.6 Å². The molecule has 0 aliphatic carbocycles. The lowest BCUT2D eigenvalue weighted by molar-refractivity contribution is -0.154. The van der Waals surface area contributed by atoms with E-state index in [-0.39, 0.29) is 18.0 Å². The van der Waals surface area contributed by atoms with Gasteiger partial charge in [-0.05, 0) is 100 Å². The van der Waals surface area contributed by atoms with Crippen LogP contribution < -0.4 is 9.47 Å². The molecule has 5 nitrogen and oxygen atoms in total. The summed E-state index contributed by atoms with van der Waals surface area (Å²) in [5.74, 6) is 1.51. The third-order valence-electron chi connectivity index (χ3n) is 6.87. The fourth-order valence-electron chi connectivity index (χ4n) is 5.00. The van der Waals surface area contributed by atoms with E-state index in [2.05, 4.69) is 48.5 Å². The summed E-state index contributed by atoms with van der Waals surface area (Å²) >= 11 is 0. The van der Waals surface area contributed by atoms with E-state index in [0.29, 0.717) is 13.0 Å². The Morgan fingerprint density at radius 3 is 1.87 bits per heavy atom. The highest BCUT2D eigenvalue weighted by atomic mass is 16.6. The van der Waals surface area contributed by atoms with Crippen molar-refractivity contribution in [3.8, 4) is 11.5 Å². The minimum Gasteiger partial charge on any atom is -0.497 e. The first-order valence-corrected chi connectivity index (χ1v) is 14.0. The van der Waals surface area contributed by atoms with Gasteiger partial charge in [-0.25, -0.2) is 0 Å². The van der Waals surface area contributed by atoms with E-state index in [0.717, 1.165) is 50.0 Å². The second kappa shape index (κ2) is 14.7. The average molecular weight is 533 g/mol. The number of benzene rings is 3. The summed E-state index contributed by atoms with van der Waals surface area (Å²) in [6.07, 6.45) is 5.53. The molecule has 1 atom stereocenters. The molecule has 0 saturated carbocycles. The van der Waals surface area contributed by atoms with Gasteiger partial charge < -0.3 is 19.3 Å². The molecule has 0 amide bonds. The SMILES string of the molecule is COc1ccc([C@@](CCCCO)(c2ccccc2)c2ccc(OCCCCCC(=O)OC(C)(C)C)cc2)cc1. The van der Waals surface area contributed by atoms with Gasteiger partial charge in [-0.1, -0.05) is 54.6 Å². The molecule has 0 saturated heterocycles. The van der Waals surface area contributed by atoms with Crippen LogP contribution in [0.5, 0.6) is 11.5 Å². The van der Waals surface area contributed by atoms with Crippen molar-refractivity contribution in [2.75, 3.05) is 20.3 Å². The predicted molar refractivity (Wildman–Crippen MR) is 157 cm³/mol. The molecule has 0 heterocycles. The van der Waals surface area contributed by atoms with E-state index in [9.17, 15) is 9.90 Å². The molecule has 0 unspecified atom stereocenters. The normalized spacial score (nSPS) is 12.9. The molecule has 0 aromatic heterocycles. The van der Waals surface area contributed by atoms with Crippen LogP contribution in [0.3, 0.4) is 0 Å². The topological polar surface area (TPSA) is 65.0 Å². The lowest BCUT2D eigenvalue weighted by atomic mass is 9.66. The van der Waals surface area contributed by atoms with Crippen molar-refractivity contribution in [1.29, 1.82) is 0 Å². The monoisotopic (exact) mass is 532 g/mol. The molecule has 3 rings (SSSR count). The van der Waals surface area contributed by atoms with Crippen LogP contribution in [-0.4, -0.2) is 37.0 Å². The number of carbonyl (C=O) groups excluding carboxylic acids is 1.